The van der Waals surface area contributed by atoms with Crippen LogP contribution in [0.15, 0.2) is 24.3 Å². The molecule has 2 atom stereocenters. The first kappa shape index (κ1) is 14.6. The van der Waals surface area contributed by atoms with Crippen molar-refractivity contribution in [3.05, 3.63) is 35.6 Å². The van der Waals surface area contributed by atoms with Crippen LogP contribution >= 0.6 is 0 Å². The van der Waals surface area contributed by atoms with Crippen LogP contribution in [0, 0.1) is 23.1 Å². The molecule has 0 bridgehead atoms. The van der Waals surface area contributed by atoms with Crippen molar-refractivity contribution in [2.75, 3.05) is 0 Å². The van der Waals surface area contributed by atoms with E-state index in [9.17, 15) is 14.0 Å². The molecule has 6 heteroatoms. The van der Waals surface area contributed by atoms with Gasteiger partial charge in [-0.05, 0) is 37.6 Å². The fourth-order valence-corrected chi connectivity index (χ4v) is 1.47. The average Bonchev–Trinajstić information content (AvgIpc) is 2.38. The van der Waals surface area contributed by atoms with Gasteiger partial charge < -0.3 is 10.4 Å². The maximum absolute atomic E-state index is 12.7. The number of hydrogen-bond donors (Lipinski definition) is 2. The lowest BCUT2D eigenvalue weighted by atomic mass is 10.0. The number of benzene rings is 1. The van der Waals surface area contributed by atoms with Gasteiger partial charge in [-0.3, -0.25) is 4.79 Å². The molecule has 0 saturated carbocycles. The van der Waals surface area contributed by atoms with Crippen molar-refractivity contribution in [2.45, 2.75) is 19.4 Å². The third-order valence-corrected chi connectivity index (χ3v) is 2.52. The minimum atomic E-state index is -1.21. The van der Waals surface area contributed by atoms with Crippen LogP contribution in [0.5, 0.6) is 0 Å². The summed E-state index contributed by atoms with van der Waals surface area (Å²) in [4.78, 5) is 22.7. The first-order valence-corrected chi connectivity index (χ1v) is 5.63. The number of carbonyl (C=O) groups is 2. The van der Waals surface area contributed by atoms with Crippen molar-refractivity contribution < 1.29 is 19.1 Å². The molecular formula is C13H13FN2O3. The average molecular weight is 264 g/mol. The normalized spacial score (nSPS) is 13.1. The van der Waals surface area contributed by atoms with Crippen molar-refractivity contribution in [3.8, 4) is 6.07 Å². The zero-order valence-electron chi connectivity index (χ0n) is 10.3. The number of hydrogen-bond acceptors (Lipinski definition) is 3. The summed E-state index contributed by atoms with van der Waals surface area (Å²) in [6.45, 7) is 1.57. The minimum Gasteiger partial charge on any atom is -0.480 e. The molecule has 19 heavy (non-hydrogen) atoms. The van der Waals surface area contributed by atoms with Gasteiger partial charge in [0.2, 0.25) is 0 Å². The van der Waals surface area contributed by atoms with E-state index in [-0.39, 0.29) is 12.0 Å². The van der Waals surface area contributed by atoms with Crippen molar-refractivity contribution in [1.82, 2.24) is 5.32 Å². The predicted molar refractivity (Wildman–Crippen MR) is 64.7 cm³/mol. The molecule has 0 aromatic heterocycles. The summed E-state index contributed by atoms with van der Waals surface area (Å²) in [7, 11) is 0. The van der Waals surface area contributed by atoms with E-state index in [1.54, 1.807) is 6.92 Å². The summed E-state index contributed by atoms with van der Waals surface area (Å²) in [6, 6.07) is 5.51. The predicted octanol–water partition coefficient (Wildman–Crippen LogP) is 1.56. The minimum absolute atomic E-state index is 0.0127. The van der Waals surface area contributed by atoms with Crippen molar-refractivity contribution in [2.24, 2.45) is 5.92 Å². The molecule has 0 aliphatic carbocycles. The second kappa shape index (κ2) is 6.50. The highest BCUT2D eigenvalue weighted by atomic mass is 19.1. The molecular weight excluding hydrogens is 251 g/mol. The molecule has 1 aromatic rings. The van der Waals surface area contributed by atoms with Crippen LogP contribution in [0.25, 0.3) is 0 Å². The Morgan fingerprint density at radius 3 is 2.47 bits per heavy atom. The summed E-state index contributed by atoms with van der Waals surface area (Å²) in [6.07, 6.45) is 0.0127. The second-order valence-corrected chi connectivity index (χ2v) is 4.14. The Kier molecular flexibility index (Phi) is 5.01. The summed E-state index contributed by atoms with van der Waals surface area (Å²) in [5, 5.41) is 19.9. The van der Waals surface area contributed by atoms with Crippen molar-refractivity contribution in [3.63, 3.8) is 0 Å². The number of carboxylic acids is 1. The molecule has 1 amide bonds. The molecule has 0 aliphatic heterocycles. The van der Waals surface area contributed by atoms with E-state index in [4.69, 9.17) is 10.4 Å². The number of nitriles is 1. The van der Waals surface area contributed by atoms with Crippen LogP contribution in [0.3, 0.4) is 0 Å². The Labute approximate surface area is 109 Å². The summed E-state index contributed by atoms with van der Waals surface area (Å²) < 4.78 is 12.7. The summed E-state index contributed by atoms with van der Waals surface area (Å²) in [5.74, 6) is -2.80. The Morgan fingerprint density at radius 2 is 2.00 bits per heavy atom. The van der Waals surface area contributed by atoms with E-state index in [1.165, 1.54) is 12.1 Å². The van der Waals surface area contributed by atoms with Crippen molar-refractivity contribution in [1.29, 1.82) is 5.26 Å². The standard InChI is InChI=1S/C13H13FN2O3/c1-8(7-15)6-11(13(18)19)16-12(17)9-2-4-10(14)5-3-9/h2-5,8,11H,6H2,1H3,(H,16,17)(H,18,19)/t8-,11-/m0/s1. The van der Waals surface area contributed by atoms with E-state index in [0.29, 0.717) is 0 Å². The van der Waals surface area contributed by atoms with Crippen LogP contribution in [-0.4, -0.2) is 23.0 Å². The molecule has 2 N–H and O–H groups in total. The molecule has 0 spiro atoms. The van der Waals surface area contributed by atoms with Gasteiger partial charge >= 0.3 is 5.97 Å². The third kappa shape index (κ3) is 4.39. The maximum Gasteiger partial charge on any atom is 0.326 e. The quantitative estimate of drug-likeness (QED) is 0.844. The fraction of sp³-hybridized carbons (Fsp3) is 0.308. The highest BCUT2D eigenvalue weighted by Gasteiger charge is 2.22. The lowest BCUT2D eigenvalue weighted by Gasteiger charge is -2.15. The van der Waals surface area contributed by atoms with Crippen LogP contribution in [0.1, 0.15) is 23.7 Å². The largest absolute Gasteiger partial charge is 0.480 e. The zero-order chi connectivity index (χ0) is 14.4. The molecule has 0 fully saturated rings. The number of aliphatic carboxylic acids is 1. The van der Waals surface area contributed by atoms with Gasteiger partial charge in [-0.25, -0.2) is 9.18 Å². The number of nitrogens with zero attached hydrogens (tertiary/aromatic N) is 1. The molecule has 0 radical (unpaired) electrons. The van der Waals surface area contributed by atoms with Gasteiger partial charge in [-0.1, -0.05) is 0 Å². The Hall–Kier alpha value is -2.42. The third-order valence-electron chi connectivity index (χ3n) is 2.52. The van der Waals surface area contributed by atoms with E-state index in [2.05, 4.69) is 5.32 Å². The monoisotopic (exact) mass is 264 g/mol. The van der Waals surface area contributed by atoms with E-state index in [1.807, 2.05) is 6.07 Å². The van der Waals surface area contributed by atoms with Crippen LogP contribution in [-0.2, 0) is 4.79 Å². The Bertz CT molecular complexity index is 508. The van der Waals surface area contributed by atoms with Crippen LogP contribution < -0.4 is 5.32 Å². The highest BCUT2D eigenvalue weighted by molar-refractivity contribution is 5.96. The van der Waals surface area contributed by atoms with Crippen LogP contribution in [0.4, 0.5) is 4.39 Å². The van der Waals surface area contributed by atoms with Gasteiger partial charge in [0.05, 0.1) is 6.07 Å². The summed E-state index contributed by atoms with van der Waals surface area (Å²) in [5.41, 5.74) is 0.164. The first-order chi connectivity index (χ1) is 8.93. The SMILES string of the molecule is C[C@H](C#N)C[C@H](NC(=O)c1ccc(F)cc1)C(=O)O. The maximum atomic E-state index is 12.7. The Balaban J connectivity index is 2.74. The van der Waals surface area contributed by atoms with Gasteiger partial charge in [-0.15, -0.1) is 0 Å². The summed E-state index contributed by atoms with van der Waals surface area (Å²) >= 11 is 0. The second-order valence-electron chi connectivity index (χ2n) is 4.14. The van der Waals surface area contributed by atoms with Gasteiger partial charge in [0.15, 0.2) is 0 Å². The molecule has 1 rings (SSSR count). The number of amides is 1. The van der Waals surface area contributed by atoms with E-state index < -0.39 is 29.7 Å². The van der Waals surface area contributed by atoms with Gasteiger partial charge in [-0.2, -0.15) is 5.26 Å². The molecule has 0 aliphatic rings. The molecule has 100 valence electrons. The number of rotatable bonds is 5. The molecule has 5 nitrogen and oxygen atoms in total. The number of carbonyl (C=O) groups excluding carboxylic acids is 1. The topological polar surface area (TPSA) is 90.2 Å². The first-order valence-electron chi connectivity index (χ1n) is 5.63. The molecule has 0 saturated heterocycles. The molecule has 0 heterocycles. The van der Waals surface area contributed by atoms with Gasteiger partial charge in [0.1, 0.15) is 11.9 Å². The molecule has 1 aromatic carbocycles. The smallest absolute Gasteiger partial charge is 0.326 e. The van der Waals surface area contributed by atoms with E-state index in [0.717, 1.165) is 12.1 Å². The number of halogens is 1. The van der Waals surface area contributed by atoms with Gasteiger partial charge in [0, 0.05) is 11.5 Å². The number of carboxylic acid groups (broad SMARTS) is 1. The molecule has 0 unspecified atom stereocenters. The Morgan fingerprint density at radius 1 is 1.42 bits per heavy atom. The van der Waals surface area contributed by atoms with Crippen LogP contribution in [0.2, 0.25) is 0 Å². The highest BCUT2D eigenvalue weighted by Crippen LogP contribution is 2.07. The lowest BCUT2D eigenvalue weighted by Crippen LogP contribution is -2.41. The zero-order valence-corrected chi connectivity index (χ0v) is 10.3. The van der Waals surface area contributed by atoms with Crippen molar-refractivity contribution >= 4 is 11.9 Å². The fourth-order valence-electron chi connectivity index (χ4n) is 1.47. The number of nitrogens with one attached hydrogen (secondary N) is 1. The van der Waals surface area contributed by atoms with E-state index >= 15 is 0 Å². The lowest BCUT2D eigenvalue weighted by molar-refractivity contribution is -0.139. The van der Waals surface area contributed by atoms with Gasteiger partial charge in [0.25, 0.3) is 5.91 Å².